The van der Waals surface area contributed by atoms with E-state index >= 15 is 0 Å². The Morgan fingerprint density at radius 3 is 2.77 bits per heavy atom. The summed E-state index contributed by atoms with van der Waals surface area (Å²) in [4.78, 5) is 4.42. The Kier molecular flexibility index (Phi) is 6.57. The van der Waals surface area contributed by atoms with Gasteiger partial charge in [0.2, 0.25) is 0 Å². The van der Waals surface area contributed by atoms with Crippen molar-refractivity contribution >= 4 is 28.1 Å². The van der Waals surface area contributed by atoms with Crippen molar-refractivity contribution in [1.82, 2.24) is 29.7 Å². The van der Waals surface area contributed by atoms with Crippen molar-refractivity contribution in [3.63, 3.8) is 0 Å². The first-order chi connectivity index (χ1) is 17.1. The zero-order chi connectivity index (χ0) is 24.4. The summed E-state index contributed by atoms with van der Waals surface area (Å²) in [5.41, 5.74) is 6.18. The van der Waals surface area contributed by atoms with Gasteiger partial charge in [-0.1, -0.05) is 20.1 Å². The van der Waals surface area contributed by atoms with Crippen LogP contribution >= 0.6 is 0 Å². The number of fused-ring (bicyclic) bond motifs is 2. The highest BCUT2D eigenvalue weighted by Gasteiger charge is 2.23. The number of hydrogen-bond donors (Lipinski definition) is 2. The van der Waals surface area contributed by atoms with E-state index in [2.05, 4.69) is 63.8 Å². The molecule has 0 unspecified atom stereocenters. The van der Waals surface area contributed by atoms with E-state index in [4.69, 9.17) is 5.10 Å². The number of benzene rings is 1. The van der Waals surface area contributed by atoms with Crippen LogP contribution in [0.5, 0.6) is 0 Å². The lowest BCUT2D eigenvalue weighted by atomic mass is 9.83. The third-order valence-electron chi connectivity index (χ3n) is 7.41. The van der Waals surface area contributed by atoms with Gasteiger partial charge in [-0.15, -0.1) is 0 Å². The van der Waals surface area contributed by atoms with Gasteiger partial charge in [0.05, 0.1) is 17.8 Å². The fourth-order valence-corrected chi connectivity index (χ4v) is 5.23. The van der Waals surface area contributed by atoms with Crippen LogP contribution in [-0.2, 0) is 6.42 Å². The van der Waals surface area contributed by atoms with Crippen LogP contribution in [0.4, 0.5) is 5.82 Å². The van der Waals surface area contributed by atoms with Gasteiger partial charge in [0.15, 0.2) is 11.5 Å². The minimum Gasteiger partial charge on any atom is -0.392 e. The molecule has 3 aromatic heterocycles. The highest BCUT2D eigenvalue weighted by molar-refractivity contribution is 5.87. The molecule has 182 valence electrons. The molecule has 4 aromatic rings. The third-order valence-corrected chi connectivity index (χ3v) is 7.41. The second-order valence-electron chi connectivity index (χ2n) is 9.64. The molecule has 0 aliphatic heterocycles. The number of aryl methyl sites for hydroxylation is 1. The summed E-state index contributed by atoms with van der Waals surface area (Å²) in [7, 11) is 1.96. The molecule has 1 aromatic carbocycles. The standard InChI is InChI=1S/C28H35N7/c1-5-22-16-26-23(15-25(22)20(3)32-28-17-30-27-7-6-14-31-35(27)28)18-34(33-26)24-12-10-21(11-13-24)9-8-19(2)29-4/h6-7,14-18,21,24,29,32H,2-3,5,8-13H2,1,4H3. The maximum atomic E-state index is 4.99. The number of aromatic nitrogens is 5. The van der Waals surface area contributed by atoms with E-state index in [0.29, 0.717) is 6.04 Å². The molecule has 35 heavy (non-hydrogen) atoms. The number of nitrogens with one attached hydrogen (secondary N) is 2. The molecule has 7 heteroatoms. The number of imidazole rings is 1. The minimum absolute atomic E-state index is 0.477. The molecule has 5 rings (SSSR count). The molecule has 0 amide bonds. The first-order valence-electron chi connectivity index (χ1n) is 12.7. The van der Waals surface area contributed by atoms with Gasteiger partial charge in [0, 0.05) is 41.8 Å². The van der Waals surface area contributed by atoms with Crippen LogP contribution in [0.1, 0.15) is 62.6 Å². The minimum atomic E-state index is 0.477. The van der Waals surface area contributed by atoms with Gasteiger partial charge < -0.3 is 10.6 Å². The van der Waals surface area contributed by atoms with E-state index in [9.17, 15) is 0 Å². The van der Waals surface area contributed by atoms with Crippen molar-refractivity contribution in [2.24, 2.45) is 5.92 Å². The van der Waals surface area contributed by atoms with Crippen LogP contribution in [-0.4, -0.2) is 31.4 Å². The molecule has 7 nitrogen and oxygen atoms in total. The molecule has 1 saturated carbocycles. The lowest BCUT2D eigenvalue weighted by Gasteiger charge is -2.28. The van der Waals surface area contributed by atoms with E-state index in [0.717, 1.165) is 58.1 Å². The summed E-state index contributed by atoms with van der Waals surface area (Å²) in [6.07, 6.45) is 13.9. The van der Waals surface area contributed by atoms with E-state index < -0.39 is 0 Å². The fraction of sp³-hybridized carbons (Fsp3) is 0.393. The molecule has 0 saturated heterocycles. The Morgan fingerprint density at radius 2 is 2.00 bits per heavy atom. The quantitative estimate of drug-likeness (QED) is 0.316. The number of rotatable bonds is 9. The molecular formula is C28H35N7. The van der Waals surface area contributed by atoms with Crippen LogP contribution in [0.3, 0.4) is 0 Å². The predicted octanol–water partition coefficient (Wildman–Crippen LogP) is 5.97. The van der Waals surface area contributed by atoms with Crippen molar-refractivity contribution in [3.8, 4) is 0 Å². The third kappa shape index (κ3) is 4.81. The second-order valence-corrected chi connectivity index (χ2v) is 9.64. The number of hydrogen-bond acceptors (Lipinski definition) is 5. The van der Waals surface area contributed by atoms with E-state index in [1.54, 1.807) is 16.9 Å². The Hall–Kier alpha value is -3.61. The highest BCUT2D eigenvalue weighted by atomic mass is 15.3. The van der Waals surface area contributed by atoms with Crippen molar-refractivity contribution < 1.29 is 0 Å². The van der Waals surface area contributed by atoms with E-state index in [-0.39, 0.29) is 0 Å². The number of anilines is 1. The Balaban J connectivity index is 1.32. The zero-order valence-electron chi connectivity index (χ0n) is 20.8. The molecule has 3 heterocycles. The largest absolute Gasteiger partial charge is 0.392 e. The zero-order valence-corrected chi connectivity index (χ0v) is 20.8. The average Bonchev–Trinajstić information content (AvgIpc) is 3.50. The first kappa shape index (κ1) is 23.1. The molecule has 0 bridgehead atoms. The van der Waals surface area contributed by atoms with Gasteiger partial charge in [-0.3, -0.25) is 4.68 Å². The van der Waals surface area contributed by atoms with Crippen LogP contribution in [0.15, 0.2) is 61.7 Å². The summed E-state index contributed by atoms with van der Waals surface area (Å²) in [5, 5.41) is 17.1. The molecule has 0 radical (unpaired) electrons. The van der Waals surface area contributed by atoms with Gasteiger partial charge in [-0.25, -0.2) is 4.98 Å². The van der Waals surface area contributed by atoms with Crippen LogP contribution < -0.4 is 10.6 Å². The second kappa shape index (κ2) is 9.94. The molecule has 0 atom stereocenters. The van der Waals surface area contributed by atoms with Gasteiger partial charge in [-0.2, -0.15) is 14.7 Å². The van der Waals surface area contributed by atoms with Gasteiger partial charge >= 0.3 is 0 Å². The SMILES string of the molecule is C=C(CCC1CCC(n2cc3cc(C(=C)Nc4cnc5cccnn45)c(CC)cc3n2)CC1)NC. The van der Waals surface area contributed by atoms with Crippen LogP contribution in [0, 0.1) is 5.92 Å². The van der Waals surface area contributed by atoms with Gasteiger partial charge in [0.1, 0.15) is 0 Å². The Morgan fingerprint density at radius 1 is 1.17 bits per heavy atom. The molecule has 2 N–H and O–H groups in total. The topological polar surface area (TPSA) is 72.1 Å². The first-order valence-corrected chi connectivity index (χ1v) is 12.7. The van der Waals surface area contributed by atoms with Crippen molar-refractivity contribution in [3.05, 3.63) is 72.8 Å². The van der Waals surface area contributed by atoms with Crippen LogP contribution in [0.2, 0.25) is 0 Å². The maximum Gasteiger partial charge on any atom is 0.155 e. The lowest BCUT2D eigenvalue weighted by Crippen LogP contribution is -2.19. The van der Waals surface area contributed by atoms with Gasteiger partial charge in [-0.05, 0) is 80.7 Å². The average molecular weight is 470 g/mol. The Bertz CT molecular complexity index is 1350. The number of nitrogens with zero attached hydrogens (tertiary/aromatic N) is 5. The normalized spacial score (nSPS) is 18.1. The molecule has 1 aliphatic carbocycles. The molecular weight excluding hydrogens is 434 g/mol. The molecule has 0 spiro atoms. The summed E-state index contributed by atoms with van der Waals surface area (Å²) in [6.45, 7) is 10.6. The maximum absolute atomic E-state index is 4.99. The monoisotopic (exact) mass is 469 g/mol. The van der Waals surface area contributed by atoms with E-state index in [1.807, 2.05) is 19.2 Å². The molecule has 1 fully saturated rings. The summed E-state index contributed by atoms with van der Waals surface area (Å²) in [5.74, 6) is 1.60. The molecule has 1 aliphatic rings. The Labute approximate surface area is 206 Å². The smallest absolute Gasteiger partial charge is 0.155 e. The van der Waals surface area contributed by atoms with E-state index in [1.165, 1.54) is 37.7 Å². The predicted molar refractivity (Wildman–Crippen MR) is 143 cm³/mol. The summed E-state index contributed by atoms with van der Waals surface area (Å²) < 4.78 is 4.00. The van der Waals surface area contributed by atoms with Crippen LogP contribution in [0.25, 0.3) is 22.2 Å². The van der Waals surface area contributed by atoms with Crippen molar-refractivity contribution in [1.29, 1.82) is 0 Å². The van der Waals surface area contributed by atoms with Gasteiger partial charge in [0.25, 0.3) is 0 Å². The van der Waals surface area contributed by atoms with Crippen molar-refractivity contribution in [2.75, 3.05) is 12.4 Å². The fourth-order valence-electron chi connectivity index (χ4n) is 5.23. The number of allylic oxidation sites excluding steroid dienone is 1. The van der Waals surface area contributed by atoms with Crippen molar-refractivity contribution in [2.45, 2.75) is 57.9 Å². The highest BCUT2D eigenvalue weighted by Crippen LogP contribution is 2.36. The summed E-state index contributed by atoms with van der Waals surface area (Å²) in [6, 6.07) is 8.74. The summed E-state index contributed by atoms with van der Waals surface area (Å²) >= 11 is 0. The lowest BCUT2D eigenvalue weighted by molar-refractivity contribution is 0.251.